The van der Waals surface area contributed by atoms with E-state index >= 15 is 0 Å². The van der Waals surface area contributed by atoms with Gasteiger partial charge in [0.1, 0.15) is 17.4 Å². The lowest BCUT2D eigenvalue weighted by molar-refractivity contribution is 0.111. The van der Waals surface area contributed by atoms with Gasteiger partial charge < -0.3 is 33.9 Å². The predicted octanol–water partition coefficient (Wildman–Crippen LogP) is 11.2. The molecule has 394 valence electrons. The Hall–Kier alpha value is -6.05. The Labute approximate surface area is 469 Å². The average Bonchev–Trinajstić information content (AvgIpc) is 4.22. The van der Waals surface area contributed by atoms with Crippen molar-refractivity contribution in [3.05, 3.63) is 176 Å². The van der Waals surface area contributed by atoms with E-state index in [0.29, 0.717) is 39.9 Å². The number of methoxy groups -OCH3 is 3. The van der Waals surface area contributed by atoms with E-state index in [-0.39, 0.29) is 96.0 Å². The van der Waals surface area contributed by atoms with E-state index in [2.05, 4.69) is 63.5 Å². The van der Waals surface area contributed by atoms with Gasteiger partial charge in [0.2, 0.25) is 29.4 Å². The first kappa shape index (κ1) is 59.8. The lowest BCUT2D eigenvalue weighted by Gasteiger charge is -2.18. The van der Waals surface area contributed by atoms with Crippen molar-refractivity contribution in [2.24, 2.45) is 0 Å². The van der Waals surface area contributed by atoms with Crippen LogP contribution in [-0.4, -0.2) is 65.4 Å². The molecule has 0 spiro atoms. The van der Waals surface area contributed by atoms with Gasteiger partial charge in [0, 0.05) is 12.1 Å². The molecule has 4 aliphatic rings. The summed E-state index contributed by atoms with van der Waals surface area (Å²) in [4.78, 5) is 45.3. The lowest BCUT2D eigenvalue weighted by Crippen LogP contribution is -2.06. The van der Waals surface area contributed by atoms with Crippen molar-refractivity contribution in [3.63, 3.8) is 0 Å². The van der Waals surface area contributed by atoms with Crippen molar-refractivity contribution >= 4 is 84.4 Å². The number of pyridine rings is 3. The summed E-state index contributed by atoms with van der Waals surface area (Å²) in [7, 11) is 4.41. The van der Waals surface area contributed by atoms with Crippen molar-refractivity contribution in [2.45, 2.75) is 75.8 Å². The summed E-state index contributed by atoms with van der Waals surface area (Å²) >= 11 is 5.55. The summed E-state index contributed by atoms with van der Waals surface area (Å²) in [6, 6.07) is 35.0. The highest BCUT2D eigenvalue weighted by atomic mass is 35.5. The minimum atomic E-state index is -0.313. The SMILES string of the molecule is COc1nc(Cl)ccc1C=O.COc1nc(O[C@H]2CCc3c(-c4cccc5c4CC[C@@H]5Oc4ccc(C=O)c(OC)n4)cccc32)ccc1C=O.O[C@H]1CCc2c(-c3cccc4c3CC[C@@H]4O)cccc21.S.S.S.S. The number of aliphatic hydroxyl groups excluding tert-OH is 2. The number of aliphatic hydroxyl groups is 2. The Kier molecular flexibility index (Phi) is 21.6. The number of hydrogen-bond donors (Lipinski definition) is 2. The second kappa shape index (κ2) is 27.1. The Morgan fingerprint density at radius 3 is 1.12 bits per heavy atom. The van der Waals surface area contributed by atoms with Crippen LogP contribution in [0, 0.1) is 0 Å². The van der Waals surface area contributed by atoms with E-state index in [1.54, 1.807) is 30.3 Å². The molecule has 0 saturated heterocycles. The molecule has 11 rings (SSSR count). The van der Waals surface area contributed by atoms with Crippen molar-refractivity contribution in [1.82, 2.24) is 15.0 Å². The number of carbonyl (C=O) groups excluding carboxylic acids is 3. The maximum atomic E-state index is 11.2. The second-order valence-electron chi connectivity index (χ2n) is 17.5. The first-order valence-electron chi connectivity index (χ1n) is 23.5. The van der Waals surface area contributed by atoms with Crippen LogP contribution < -0.4 is 23.7 Å². The smallest absolute Gasteiger partial charge is 0.227 e. The molecule has 0 fully saturated rings. The van der Waals surface area contributed by atoms with Crippen molar-refractivity contribution in [3.8, 4) is 51.7 Å². The molecule has 2 N–H and O–H groups in total. The Morgan fingerprint density at radius 2 is 0.760 bits per heavy atom. The number of aldehydes is 3. The molecule has 4 aromatic carbocycles. The van der Waals surface area contributed by atoms with Crippen LogP contribution in [0.5, 0.6) is 29.4 Å². The largest absolute Gasteiger partial charge is 0.480 e. The molecule has 4 atom stereocenters. The average molecular weight is 1110 g/mol. The van der Waals surface area contributed by atoms with Crippen molar-refractivity contribution < 1.29 is 48.3 Å². The van der Waals surface area contributed by atoms with E-state index in [1.165, 1.54) is 71.9 Å². The van der Waals surface area contributed by atoms with Crippen LogP contribution in [0.2, 0.25) is 5.15 Å². The zero-order chi connectivity index (χ0) is 49.6. The highest BCUT2D eigenvalue weighted by Crippen LogP contribution is 2.46. The predicted molar refractivity (Wildman–Crippen MR) is 309 cm³/mol. The van der Waals surface area contributed by atoms with E-state index in [9.17, 15) is 24.6 Å². The molecule has 75 heavy (non-hydrogen) atoms. The maximum absolute atomic E-state index is 11.2. The summed E-state index contributed by atoms with van der Waals surface area (Å²) in [5.41, 5.74) is 15.6. The van der Waals surface area contributed by atoms with E-state index < -0.39 is 0 Å². The van der Waals surface area contributed by atoms with Crippen LogP contribution in [0.4, 0.5) is 0 Å². The summed E-state index contributed by atoms with van der Waals surface area (Å²) in [5.74, 6) is 1.62. The highest BCUT2D eigenvalue weighted by Gasteiger charge is 2.32. The molecule has 0 unspecified atom stereocenters. The number of ether oxygens (including phenoxy) is 5. The molecular weight excluding hydrogens is 1050 g/mol. The minimum absolute atomic E-state index is 0. The van der Waals surface area contributed by atoms with Crippen LogP contribution in [0.25, 0.3) is 22.3 Å². The van der Waals surface area contributed by atoms with Gasteiger partial charge in [-0.3, -0.25) is 14.4 Å². The normalized spacial score (nSPS) is 16.8. The van der Waals surface area contributed by atoms with Crippen molar-refractivity contribution in [1.29, 1.82) is 0 Å². The molecule has 13 nitrogen and oxygen atoms in total. The lowest BCUT2D eigenvalue weighted by atomic mass is 9.91. The number of hydrogen-bond acceptors (Lipinski definition) is 13. The zero-order valence-electron chi connectivity index (χ0n) is 41.5. The van der Waals surface area contributed by atoms with Gasteiger partial charge in [0.25, 0.3) is 0 Å². The van der Waals surface area contributed by atoms with E-state index in [1.807, 2.05) is 24.3 Å². The van der Waals surface area contributed by atoms with Gasteiger partial charge in [-0.1, -0.05) is 84.4 Å². The minimum Gasteiger partial charge on any atom is -0.480 e. The van der Waals surface area contributed by atoms with E-state index in [4.69, 9.17) is 35.3 Å². The van der Waals surface area contributed by atoms with Crippen molar-refractivity contribution in [2.75, 3.05) is 21.3 Å². The van der Waals surface area contributed by atoms with Gasteiger partial charge in [0.05, 0.1) is 50.2 Å². The molecule has 3 heterocycles. The topological polar surface area (TPSA) is 176 Å². The summed E-state index contributed by atoms with van der Waals surface area (Å²) in [6.45, 7) is 0. The van der Waals surface area contributed by atoms with Crippen LogP contribution in [0.1, 0.15) is 126 Å². The van der Waals surface area contributed by atoms with Gasteiger partial charge in [-0.25, -0.2) is 4.98 Å². The summed E-state index contributed by atoms with van der Waals surface area (Å²) in [5, 5.41) is 20.4. The number of rotatable bonds is 12. The molecule has 0 radical (unpaired) electrons. The molecule has 0 saturated carbocycles. The molecule has 0 amide bonds. The Morgan fingerprint density at radius 1 is 0.440 bits per heavy atom. The number of halogens is 1. The van der Waals surface area contributed by atoms with E-state index in [0.717, 1.165) is 86.2 Å². The third-order valence-corrected chi connectivity index (χ3v) is 13.8. The highest BCUT2D eigenvalue weighted by molar-refractivity contribution is 7.59. The van der Waals surface area contributed by atoms with Gasteiger partial charge in [0.15, 0.2) is 18.9 Å². The Bertz CT molecular complexity index is 2970. The first-order chi connectivity index (χ1) is 34.7. The van der Waals surface area contributed by atoms with Gasteiger partial charge in [-0.15, -0.1) is 0 Å². The van der Waals surface area contributed by atoms with Gasteiger partial charge >= 0.3 is 0 Å². The van der Waals surface area contributed by atoms with Gasteiger partial charge in [-0.2, -0.15) is 64.0 Å². The quantitative estimate of drug-likeness (QED) is 0.0874. The summed E-state index contributed by atoms with van der Waals surface area (Å²) < 4.78 is 27.8. The molecule has 18 heteroatoms. The Balaban J connectivity index is 0.000000247. The maximum Gasteiger partial charge on any atom is 0.227 e. The van der Waals surface area contributed by atoms with Crippen LogP contribution >= 0.6 is 65.6 Å². The third kappa shape index (κ3) is 12.6. The molecule has 0 aliphatic heterocycles. The summed E-state index contributed by atoms with van der Waals surface area (Å²) in [6.07, 6.45) is 8.16. The number of fused-ring (bicyclic) bond motifs is 4. The monoisotopic (exact) mass is 1110 g/mol. The molecular formula is C57H60ClN3O10S4. The molecule has 0 bridgehead atoms. The van der Waals surface area contributed by atoms with Crippen LogP contribution in [0.3, 0.4) is 0 Å². The second-order valence-corrected chi connectivity index (χ2v) is 17.9. The van der Waals surface area contributed by atoms with Crippen LogP contribution in [-0.2, 0) is 25.7 Å². The third-order valence-electron chi connectivity index (χ3n) is 13.6. The fourth-order valence-electron chi connectivity index (χ4n) is 10.2. The van der Waals surface area contributed by atoms with Crippen LogP contribution in [0.15, 0.2) is 109 Å². The first-order valence-corrected chi connectivity index (χ1v) is 23.9. The number of aromatic nitrogens is 3. The van der Waals surface area contributed by atoms with Gasteiger partial charge in [-0.05, 0) is 142 Å². The standard InChI is InChI=1S/C32H28N2O6.C18H18O2.C7H6ClNO2.4H2S/c1-37-31-19(17-35)9-15-29(33-31)39-27-13-11-23-21(5-3-7-25(23)27)22-6-4-8-26-24(22)12-14-28(26)40-30-16-10-20(18-36)32(34-30)38-2;19-17-9-7-13-11(3-1-5-15(13)17)12-4-2-6-16-14(12)8-10-18(16)20;1-11-7-5(4-10)2-3-6(8)9-7;;;;/h3-10,15-18,27-28H,11-14H2,1-2H3;1-6,17-20H,7-10H2;2-4H,1H3;4*1H2/t27-,28-;17-,18-;;;;;/m00...../s1. The fourth-order valence-corrected chi connectivity index (χ4v) is 10.4. The molecule has 3 aromatic heterocycles. The zero-order valence-corrected chi connectivity index (χ0v) is 46.2. The molecule has 4 aliphatic carbocycles. The fraction of sp³-hybridized carbons (Fsp3) is 0.263. The number of benzene rings is 4. The molecule has 7 aromatic rings. The number of nitrogens with zero attached hydrogens (tertiary/aromatic N) is 3. The number of carbonyl (C=O) groups is 3.